The van der Waals surface area contributed by atoms with Crippen molar-refractivity contribution in [2.24, 2.45) is 0 Å². The Morgan fingerprint density at radius 1 is 0.972 bits per heavy atom. The van der Waals surface area contributed by atoms with Crippen LogP contribution < -0.4 is 10.6 Å². The topological polar surface area (TPSA) is 87.7 Å². The Labute approximate surface area is 220 Å². The molecule has 0 aliphatic heterocycles. The zero-order valence-corrected chi connectivity index (χ0v) is 23.4. The third-order valence-electron chi connectivity index (χ3n) is 5.40. The lowest BCUT2D eigenvalue weighted by Crippen LogP contribution is -2.58. The average Bonchev–Trinajstić information content (AvgIpc) is 2.74. The van der Waals surface area contributed by atoms with Crippen LogP contribution in [0.4, 0.5) is 10.5 Å². The van der Waals surface area contributed by atoms with E-state index in [0.29, 0.717) is 11.3 Å². The van der Waals surface area contributed by atoms with Gasteiger partial charge in [0, 0.05) is 17.0 Å². The smallest absolute Gasteiger partial charge is 0.408 e. The fourth-order valence-corrected chi connectivity index (χ4v) is 4.07. The SMILES string of the molecule is Cc1cccc(C(C(=O)Nc2ccccc2C)N(C(=O)C(CS)NC(=O)OC(C)(C)C)C(C)(C)C)c1. The molecule has 0 bridgehead atoms. The van der Waals surface area contributed by atoms with Gasteiger partial charge in [0.15, 0.2) is 0 Å². The first-order valence-corrected chi connectivity index (χ1v) is 12.6. The lowest BCUT2D eigenvalue weighted by atomic mass is 9.94. The van der Waals surface area contributed by atoms with E-state index >= 15 is 0 Å². The van der Waals surface area contributed by atoms with Gasteiger partial charge in [-0.1, -0.05) is 48.0 Å². The van der Waals surface area contributed by atoms with Crippen molar-refractivity contribution in [2.45, 2.75) is 78.6 Å². The van der Waals surface area contributed by atoms with E-state index in [1.807, 2.05) is 83.1 Å². The molecule has 0 fully saturated rings. The van der Waals surface area contributed by atoms with Crippen molar-refractivity contribution in [3.05, 3.63) is 65.2 Å². The maximum absolute atomic E-state index is 14.0. The summed E-state index contributed by atoms with van der Waals surface area (Å²) < 4.78 is 5.35. The van der Waals surface area contributed by atoms with Crippen LogP contribution in [0, 0.1) is 13.8 Å². The Bertz CT molecular complexity index is 1090. The van der Waals surface area contributed by atoms with Crippen LogP contribution in [0.25, 0.3) is 0 Å². The summed E-state index contributed by atoms with van der Waals surface area (Å²) in [5, 5.41) is 5.63. The Morgan fingerprint density at radius 2 is 1.61 bits per heavy atom. The number of thiol groups is 1. The molecule has 0 radical (unpaired) electrons. The first kappa shape index (κ1) is 29.2. The normalized spacial score (nSPS) is 13.4. The second-order valence-corrected chi connectivity index (χ2v) is 11.2. The molecule has 2 rings (SSSR count). The average molecular weight is 514 g/mol. The molecule has 0 saturated heterocycles. The molecule has 196 valence electrons. The molecule has 2 aromatic carbocycles. The van der Waals surface area contributed by atoms with E-state index in [9.17, 15) is 14.4 Å². The van der Waals surface area contributed by atoms with Crippen molar-refractivity contribution in [3.63, 3.8) is 0 Å². The monoisotopic (exact) mass is 513 g/mol. The molecule has 2 aromatic rings. The summed E-state index contributed by atoms with van der Waals surface area (Å²) in [4.78, 5) is 41.8. The highest BCUT2D eigenvalue weighted by atomic mass is 32.1. The summed E-state index contributed by atoms with van der Waals surface area (Å²) in [5.41, 5.74) is 1.70. The summed E-state index contributed by atoms with van der Waals surface area (Å²) >= 11 is 4.33. The van der Waals surface area contributed by atoms with Crippen LogP contribution in [0.5, 0.6) is 0 Å². The van der Waals surface area contributed by atoms with Crippen molar-refractivity contribution < 1.29 is 19.1 Å². The number of para-hydroxylation sites is 1. The maximum atomic E-state index is 14.0. The number of rotatable bonds is 7. The van der Waals surface area contributed by atoms with Gasteiger partial charge < -0.3 is 20.3 Å². The van der Waals surface area contributed by atoms with E-state index in [4.69, 9.17) is 4.74 Å². The first-order valence-electron chi connectivity index (χ1n) is 12.0. The molecular formula is C28H39N3O4S. The standard InChI is InChI=1S/C28H39N3O4S/c1-18-12-11-14-20(16-18)23(24(32)29-21-15-10-9-13-19(21)2)31(27(3,4)5)25(33)22(17-36)30-26(34)35-28(6,7)8/h9-16,22-23,36H,17H2,1-8H3,(H,29,32)(H,30,34). The maximum Gasteiger partial charge on any atom is 0.408 e. The van der Waals surface area contributed by atoms with Gasteiger partial charge in [0.25, 0.3) is 5.91 Å². The molecule has 0 aliphatic rings. The second kappa shape index (κ2) is 11.8. The lowest BCUT2D eigenvalue weighted by Gasteiger charge is -2.43. The number of carbonyl (C=O) groups excluding carboxylic acids is 3. The van der Waals surface area contributed by atoms with Crippen LogP contribution in [0.2, 0.25) is 0 Å². The minimum atomic E-state index is -0.999. The van der Waals surface area contributed by atoms with Gasteiger partial charge in [0.1, 0.15) is 17.7 Å². The minimum Gasteiger partial charge on any atom is -0.444 e. The number of nitrogens with zero attached hydrogens (tertiary/aromatic N) is 1. The van der Waals surface area contributed by atoms with Crippen molar-refractivity contribution >= 4 is 36.2 Å². The van der Waals surface area contributed by atoms with E-state index < -0.39 is 35.2 Å². The Kier molecular flexibility index (Phi) is 9.60. The van der Waals surface area contributed by atoms with E-state index in [2.05, 4.69) is 23.3 Å². The van der Waals surface area contributed by atoms with Gasteiger partial charge in [0.2, 0.25) is 5.91 Å². The van der Waals surface area contributed by atoms with Gasteiger partial charge in [-0.05, 0) is 72.6 Å². The molecule has 2 unspecified atom stereocenters. The quantitative estimate of drug-likeness (QED) is 0.431. The molecule has 0 heterocycles. The summed E-state index contributed by atoms with van der Waals surface area (Å²) in [6.07, 6.45) is -0.722. The van der Waals surface area contributed by atoms with Gasteiger partial charge in [-0.15, -0.1) is 0 Å². The predicted octanol–water partition coefficient (Wildman–Crippen LogP) is 5.43. The number of alkyl carbamates (subject to hydrolysis) is 1. The third-order valence-corrected chi connectivity index (χ3v) is 5.76. The second-order valence-electron chi connectivity index (χ2n) is 10.9. The lowest BCUT2D eigenvalue weighted by molar-refractivity contribution is -0.146. The Balaban J connectivity index is 2.54. The Morgan fingerprint density at radius 3 is 2.14 bits per heavy atom. The van der Waals surface area contributed by atoms with Gasteiger partial charge >= 0.3 is 6.09 Å². The Hall–Kier alpha value is -3.00. The fourth-order valence-electron chi connectivity index (χ4n) is 3.82. The third kappa shape index (κ3) is 8.01. The molecule has 7 nitrogen and oxygen atoms in total. The summed E-state index contributed by atoms with van der Waals surface area (Å²) in [6, 6.07) is 13.0. The summed E-state index contributed by atoms with van der Waals surface area (Å²) in [7, 11) is 0. The van der Waals surface area contributed by atoms with E-state index in [1.54, 1.807) is 20.8 Å². The molecule has 0 aliphatic carbocycles. The number of hydrogen-bond donors (Lipinski definition) is 3. The number of amides is 3. The van der Waals surface area contributed by atoms with Gasteiger partial charge in [-0.2, -0.15) is 12.6 Å². The van der Waals surface area contributed by atoms with Crippen LogP contribution in [0.15, 0.2) is 48.5 Å². The minimum absolute atomic E-state index is 0.0323. The van der Waals surface area contributed by atoms with Gasteiger partial charge in [0.05, 0.1) is 0 Å². The largest absolute Gasteiger partial charge is 0.444 e. The number of hydrogen-bond acceptors (Lipinski definition) is 5. The molecule has 0 saturated carbocycles. The van der Waals surface area contributed by atoms with E-state index in [-0.39, 0.29) is 11.7 Å². The number of nitrogens with one attached hydrogen (secondary N) is 2. The molecular weight excluding hydrogens is 474 g/mol. The first-order chi connectivity index (χ1) is 16.6. The van der Waals surface area contributed by atoms with Crippen LogP contribution in [0.3, 0.4) is 0 Å². The molecule has 0 spiro atoms. The highest BCUT2D eigenvalue weighted by Crippen LogP contribution is 2.32. The summed E-state index contributed by atoms with van der Waals surface area (Å²) in [5.74, 6) is -0.756. The fraction of sp³-hybridized carbons (Fsp3) is 0.464. The number of ether oxygens (including phenoxy) is 1. The zero-order valence-electron chi connectivity index (χ0n) is 22.5. The van der Waals surface area contributed by atoms with Crippen molar-refractivity contribution in [2.75, 3.05) is 11.1 Å². The van der Waals surface area contributed by atoms with E-state index in [0.717, 1.165) is 11.1 Å². The van der Waals surface area contributed by atoms with Crippen molar-refractivity contribution in [1.82, 2.24) is 10.2 Å². The van der Waals surface area contributed by atoms with E-state index in [1.165, 1.54) is 4.90 Å². The molecule has 36 heavy (non-hydrogen) atoms. The van der Waals surface area contributed by atoms with Crippen molar-refractivity contribution in [1.29, 1.82) is 0 Å². The number of carbonyl (C=O) groups is 3. The van der Waals surface area contributed by atoms with Gasteiger partial charge in [-0.3, -0.25) is 9.59 Å². The van der Waals surface area contributed by atoms with Crippen LogP contribution in [0.1, 0.15) is 64.3 Å². The molecule has 3 amide bonds. The number of aryl methyl sites for hydroxylation is 2. The number of anilines is 1. The molecule has 2 N–H and O–H groups in total. The zero-order chi connectivity index (χ0) is 27.3. The van der Waals surface area contributed by atoms with Crippen molar-refractivity contribution in [3.8, 4) is 0 Å². The van der Waals surface area contributed by atoms with Crippen LogP contribution in [-0.4, -0.2) is 45.7 Å². The molecule has 8 heteroatoms. The molecule has 2 atom stereocenters. The van der Waals surface area contributed by atoms with Crippen LogP contribution >= 0.6 is 12.6 Å². The van der Waals surface area contributed by atoms with Gasteiger partial charge in [-0.25, -0.2) is 4.79 Å². The highest BCUT2D eigenvalue weighted by Gasteiger charge is 2.41. The van der Waals surface area contributed by atoms with Crippen LogP contribution in [-0.2, 0) is 14.3 Å². The molecule has 0 aromatic heterocycles. The predicted molar refractivity (Wildman–Crippen MR) is 147 cm³/mol. The number of benzene rings is 2. The summed E-state index contributed by atoms with van der Waals surface area (Å²) in [6.45, 7) is 14.7. The highest BCUT2D eigenvalue weighted by molar-refractivity contribution is 7.80.